The van der Waals surface area contributed by atoms with E-state index in [1.165, 1.54) is 6.08 Å². The van der Waals surface area contributed by atoms with E-state index in [1.807, 2.05) is 32.0 Å². The zero-order valence-electron chi connectivity index (χ0n) is 17.3. The van der Waals surface area contributed by atoms with Gasteiger partial charge in [-0.1, -0.05) is 29.8 Å². The Morgan fingerprint density at radius 1 is 1.19 bits per heavy atom. The number of hydrogen-bond acceptors (Lipinski definition) is 6. The van der Waals surface area contributed by atoms with Gasteiger partial charge in [0.2, 0.25) is 5.91 Å². The third-order valence-electron chi connectivity index (χ3n) is 4.47. The van der Waals surface area contributed by atoms with E-state index in [1.54, 1.807) is 18.2 Å². The van der Waals surface area contributed by atoms with Crippen LogP contribution in [0.2, 0.25) is 5.02 Å². The van der Waals surface area contributed by atoms with Gasteiger partial charge in [-0.3, -0.25) is 24.1 Å². The molecule has 0 aromatic heterocycles. The number of hydrogen-bond donors (Lipinski definition) is 2. The number of nitrogens with one attached hydrogen (secondary N) is 1. The molecule has 32 heavy (non-hydrogen) atoms. The SMILES string of the molecule is Cc1ccc(C)c(NC(=O)COc2ccc(/C=C3\SC(=O)N(CC(N)=O)C3=O)cc2Cl)c1. The Kier molecular flexibility index (Phi) is 7.22. The highest BCUT2D eigenvalue weighted by molar-refractivity contribution is 8.18. The number of imide groups is 1. The van der Waals surface area contributed by atoms with Crippen molar-refractivity contribution in [2.75, 3.05) is 18.5 Å². The number of benzene rings is 2. The molecule has 0 saturated carbocycles. The number of carbonyl (C=O) groups is 4. The molecule has 1 saturated heterocycles. The topological polar surface area (TPSA) is 119 Å². The van der Waals surface area contributed by atoms with Crippen LogP contribution in [0.25, 0.3) is 6.08 Å². The molecule has 1 heterocycles. The first-order valence-electron chi connectivity index (χ1n) is 9.47. The van der Waals surface area contributed by atoms with Gasteiger partial charge in [0.05, 0.1) is 9.93 Å². The fourth-order valence-corrected chi connectivity index (χ4v) is 3.95. The summed E-state index contributed by atoms with van der Waals surface area (Å²) in [6, 6.07) is 10.5. The van der Waals surface area contributed by atoms with Crippen LogP contribution < -0.4 is 15.8 Å². The second-order valence-electron chi connectivity index (χ2n) is 7.08. The van der Waals surface area contributed by atoms with Crippen molar-refractivity contribution in [3.05, 3.63) is 63.0 Å². The lowest BCUT2D eigenvalue weighted by Gasteiger charge is -2.11. The summed E-state index contributed by atoms with van der Waals surface area (Å²) in [5, 5.41) is 2.46. The van der Waals surface area contributed by atoms with Gasteiger partial charge >= 0.3 is 0 Å². The number of primary amides is 1. The second kappa shape index (κ2) is 9.88. The Hall–Kier alpha value is -3.30. The van der Waals surface area contributed by atoms with Gasteiger partial charge in [-0.2, -0.15) is 0 Å². The van der Waals surface area contributed by atoms with E-state index >= 15 is 0 Å². The zero-order chi connectivity index (χ0) is 23.4. The first-order valence-corrected chi connectivity index (χ1v) is 10.7. The van der Waals surface area contributed by atoms with E-state index in [9.17, 15) is 19.2 Å². The largest absolute Gasteiger partial charge is 0.482 e. The molecular weight excluding hydrogens is 454 g/mol. The Balaban J connectivity index is 1.64. The van der Waals surface area contributed by atoms with Gasteiger partial charge in [0.25, 0.3) is 17.1 Å². The molecule has 1 fully saturated rings. The summed E-state index contributed by atoms with van der Waals surface area (Å²) in [7, 11) is 0. The molecule has 2 aromatic carbocycles. The van der Waals surface area contributed by atoms with Gasteiger partial charge in [0, 0.05) is 5.69 Å². The minimum absolute atomic E-state index is 0.147. The van der Waals surface area contributed by atoms with E-state index in [2.05, 4.69) is 5.32 Å². The third kappa shape index (κ3) is 5.68. The molecule has 10 heteroatoms. The van der Waals surface area contributed by atoms with Gasteiger partial charge in [0.1, 0.15) is 12.3 Å². The standard InChI is InChI=1S/C22H20ClN3O5S/c1-12-3-4-13(2)16(7-12)25-20(28)11-31-17-6-5-14(8-15(17)23)9-18-21(29)26(10-19(24)27)22(30)32-18/h3-9H,10-11H2,1-2H3,(H2,24,27)(H,25,28)/b18-9-. The number of nitrogens with zero attached hydrogens (tertiary/aromatic N) is 1. The summed E-state index contributed by atoms with van der Waals surface area (Å²) in [5.74, 6) is -1.42. The van der Waals surface area contributed by atoms with E-state index in [0.717, 1.165) is 16.0 Å². The van der Waals surface area contributed by atoms with Crippen LogP contribution >= 0.6 is 23.4 Å². The summed E-state index contributed by atoms with van der Waals surface area (Å²) < 4.78 is 5.51. The summed E-state index contributed by atoms with van der Waals surface area (Å²) in [5.41, 5.74) is 8.29. The van der Waals surface area contributed by atoms with E-state index in [0.29, 0.717) is 28.8 Å². The molecule has 0 atom stereocenters. The summed E-state index contributed by atoms with van der Waals surface area (Å²) in [4.78, 5) is 48.4. The number of rotatable bonds is 7. The first-order chi connectivity index (χ1) is 15.1. The molecule has 4 amide bonds. The number of amides is 4. The molecule has 2 aromatic rings. The molecule has 0 bridgehead atoms. The van der Waals surface area contributed by atoms with Gasteiger partial charge in [-0.15, -0.1) is 0 Å². The number of thioether (sulfide) groups is 1. The van der Waals surface area contributed by atoms with Crippen molar-refractivity contribution in [1.29, 1.82) is 0 Å². The predicted molar refractivity (Wildman–Crippen MR) is 123 cm³/mol. The third-order valence-corrected chi connectivity index (χ3v) is 5.67. The van der Waals surface area contributed by atoms with Crippen LogP contribution in [0.3, 0.4) is 0 Å². The Labute approximate surface area is 193 Å². The molecular formula is C22H20ClN3O5S. The number of halogens is 1. The van der Waals surface area contributed by atoms with Gasteiger partial charge in [-0.25, -0.2) is 0 Å². The molecule has 0 spiro atoms. The maximum Gasteiger partial charge on any atom is 0.294 e. The van der Waals surface area contributed by atoms with Crippen molar-refractivity contribution < 1.29 is 23.9 Å². The van der Waals surface area contributed by atoms with Gasteiger partial charge in [0.15, 0.2) is 6.61 Å². The van der Waals surface area contributed by atoms with Crippen molar-refractivity contribution in [1.82, 2.24) is 4.90 Å². The lowest BCUT2D eigenvalue weighted by atomic mass is 10.1. The molecule has 166 valence electrons. The van der Waals surface area contributed by atoms with E-state index in [-0.39, 0.29) is 22.4 Å². The molecule has 3 N–H and O–H groups in total. The number of ether oxygens (including phenoxy) is 1. The fraction of sp³-hybridized carbons (Fsp3) is 0.182. The predicted octanol–water partition coefficient (Wildman–Crippen LogP) is 3.50. The summed E-state index contributed by atoms with van der Waals surface area (Å²) in [6.07, 6.45) is 1.48. The fourth-order valence-electron chi connectivity index (χ4n) is 2.87. The maximum absolute atomic E-state index is 12.3. The lowest BCUT2D eigenvalue weighted by Crippen LogP contribution is -2.36. The minimum Gasteiger partial charge on any atom is -0.482 e. The molecule has 0 radical (unpaired) electrons. The van der Waals surface area contributed by atoms with Crippen molar-refractivity contribution in [3.63, 3.8) is 0 Å². The van der Waals surface area contributed by atoms with E-state index < -0.39 is 23.6 Å². The van der Waals surface area contributed by atoms with Crippen molar-refractivity contribution in [3.8, 4) is 5.75 Å². The Bertz CT molecular complexity index is 1150. The summed E-state index contributed by atoms with van der Waals surface area (Å²) >= 11 is 6.96. The summed E-state index contributed by atoms with van der Waals surface area (Å²) in [6.45, 7) is 3.12. The average molecular weight is 474 g/mol. The monoisotopic (exact) mass is 473 g/mol. The van der Waals surface area contributed by atoms with Crippen molar-refractivity contribution in [2.45, 2.75) is 13.8 Å². The number of carbonyl (C=O) groups excluding carboxylic acids is 4. The van der Waals surface area contributed by atoms with Gasteiger partial charge < -0.3 is 15.8 Å². The van der Waals surface area contributed by atoms with Crippen LogP contribution in [0.5, 0.6) is 5.75 Å². The normalized spacial score (nSPS) is 14.7. The molecule has 8 nitrogen and oxygen atoms in total. The smallest absolute Gasteiger partial charge is 0.294 e. The van der Waals surface area contributed by atoms with Crippen molar-refractivity contribution in [2.24, 2.45) is 5.73 Å². The van der Waals surface area contributed by atoms with Crippen LogP contribution in [0, 0.1) is 13.8 Å². The second-order valence-corrected chi connectivity index (χ2v) is 8.48. The molecule has 0 unspecified atom stereocenters. The highest BCUT2D eigenvalue weighted by Gasteiger charge is 2.35. The maximum atomic E-state index is 12.3. The molecule has 1 aliphatic rings. The van der Waals surface area contributed by atoms with Crippen LogP contribution in [0.1, 0.15) is 16.7 Å². The molecule has 0 aliphatic carbocycles. The van der Waals surface area contributed by atoms with Crippen LogP contribution in [0.15, 0.2) is 41.3 Å². The number of anilines is 1. The van der Waals surface area contributed by atoms with Crippen LogP contribution in [0.4, 0.5) is 10.5 Å². The van der Waals surface area contributed by atoms with E-state index in [4.69, 9.17) is 22.1 Å². The Morgan fingerprint density at radius 3 is 2.62 bits per heavy atom. The number of nitrogens with two attached hydrogens (primary N) is 1. The molecule has 1 aliphatic heterocycles. The number of aryl methyl sites for hydroxylation is 2. The quantitative estimate of drug-likeness (QED) is 0.594. The van der Waals surface area contributed by atoms with Crippen molar-refractivity contribution >= 4 is 58.1 Å². The lowest BCUT2D eigenvalue weighted by molar-refractivity contribution is -0.127. The molecule has 3 rings (SSSR count). The highest BCUT2D eigenvalue weighted by atomic mass is 35.5. The van der Waals surface area contributed by atoms with Crippen LogP contribution in [-0.2, 0) is 14.4 Å². The van der Waals surface area contributed by atoms with Gasteiger partial charge in [-0.05, 0) is 66.6 Å². The highest BCUT2D eigenvalue weighted by Crippen LogP contribution is 2.33. The average Bonchev–Trinajstić information content (AvgIpc) is 2.97. The minimum atomic E-state index is -0.778. The van der Waals surface area contributed by atoms with Crippen LogP contribution in [-0.4, -0.2) is 41.0 Å². The first kappa shape index (κ1) is 23.4. The zero-order valence-corrected chi connectivity index (χ0v) is 18.9. The Morgan fingerprint density at radius 2 is 1.94 bits per heavy atom.